The molecule has 1 aliphatic heterocycles. The Hall–Kier alpha value is -0.383. The molecule has 0 bridgehead atoms. The van der Waals surface area contributed by atoms with E-state index in [1.165, 1.54) is 18.9 Å². The molecular formula is C11H20O2Si. The molecule has 2 nitrogen and oxygen atoms in total. The molecule has 3 heteroatoms. The Labute approximate surface area is 88.3 Å². The highest BCUT2D eigenvalue weighted by atomic mass is 28.3. The highest BCUT2D eigenvalue weighted by Crippen LogP contribution is 2.16. The molecule has 0 saturated carbocycles. The first-order chi connectivity index (χ1) is 6.74. The molecule has 0 aliphatic carbocycles. The Bertz CT molecular complexity index is 197. The van der Waals surface area contributed by atoms with Crippen LogP contribution in [0.2, 0.25) is 6.04 Å². The molecule has 1 saturated heterocycles. The predicted molar refractivity (Wildman–Crippen MR) is 61.9 cm³/mol. The molecule has 1 rings (SSSR count). The summed E-state index contributed by atoms with van der Waals surface area (Å²) < 4.78 is 11.5. The van der Waals surface area contributed by atoms with E-state index >= 15 is 0 Å². The van der Waals surface area contributed by atoms with Crippen molar-refractivity contribution in [3.05, 3.63) is 24.8 Å². The molecule has 1 fully saturated rings. The van der Waals surface area contributed by atoms with Crippen molar-refractivity contribution in [2.24, 2.45) is 0 Å². The van der Waals surface area contributed by atoms with E-state index in [9.17, 15) is 0 Å². The first-order valence-corrected chi connectivity index (χ1v) is 7.19. The predicted octanol–water partition coefficient (Wildman–Crippen LogP) is 2.21. The van der Waals surface area contributed by atoms with Crippen LogP contribution < -0.4 is 0 Å². The van der Waals surface area contributed by atoms with Crippen LogP contribution in [0.15, 0.2) is 24.8 Å². The summed E-state index contributed by atoms with van der Waals surface area (Å²) in [5.41, 5.74) is 1.22. The largest absolute Gasteiger partial charge is 0.417 e. The summed E-state index contributed by atoms with van der Waals surface area (Å²) in [7, 11) is -1.18. The van der Waals surface area contributed by atoms with Crippen molar-refractivity contribution in [3.8, 4) is 0 Å². The quantitative estimate of drug-likeness (QED) is 0.514. The van der Waals surface area contributed by atoms with Crippen molar-refractivity contribution < 1.29 is 9.16 Å². The van der Waals surface area contributed by atoms with Gasteiger partial charge in [-0.25, -0.2) is 0 Å². The topological polar surface area (TPSA) is 18.5 Å². The zero-order valence-electron chi connectivity index (χ0n) is 9.00. The second kappa shape index (κ2) is 6.17. The van der Waals surface area contributed by atoms with Gasteiger partial charge >= 0.3 is 0 Å². The Morgan fingerprint density at radius 1 is 1.64 bits per heavy atom. The molecule has 80 valence electrons. The van der Waals surface area contributed by atoms with Gasteiger partial charge in [-0.05, 0) is 19.4 Å². The van der Waals surface area contributed by atoms with Crippen molar-refractivity contribution in [2.75, 3.05) is 13.2 Å². The Morgan fingerprint density at radius 2 is 2.43 bits per heavy atom. The molecule has 2 unspecified atom stereocenters. The molecule has 0 N–H and O–H groups in total. The lowest BCUT2D eigenvalue weighted by Gasteiger charge is -2.27. The highest BCUT2D eigenvalue weighted by Gasteiger charge is 2.24. The second-order valence-corrected chi connectivity index (χ2v) is 6.52. The maximum Gasteiger partial charge on any atom is 0.209 e. The summed E-state index contributed by atoms with van der Waals surface area (Å²) in [5.74, 6) is 0. The number of ether oxygens (including phenoxy) is 1. The average Bonchev–Trinajstić information content (AvgIpc) is 2.20. The minimum atomic E-state index is -1.18. The van der Waals surface area contributed by atoms with Crippen LogP contribution in [0.25, 0.3) is 0 Å². The van der Waals surface area contributed by atoms with Crippen LogP contribution in [0, 0.1) is 0 Å². The van der Waals surface area contributed by atoms with Crippen LogP contribution in [-0.2, 0) is 9.16 Å². The summed E-state index contributed by atoms with van der Waals surface area (Å²) in [5, 5.41) is 0. The third-order valence-corrected chi connectivity index (χ3v) is 5.17. The zero-order valence-corrected chi connectivity index (χ0v) is 10.2. The Kier molecular flexibility index (Phi) is 5.15. The van der Waals surface area contributed by atoms with Crippen LogP contribution in [0.1, 0.15) is 19.8 Å². The van der Waals surface area contributed by atoms with Crippen molar-refractivity contribution in [1.82, 2.24) is 0 Å². The molecule has 0 radical (unpaired) electrons. The SMILES string of the molecule is C=CC(OCC(=C)C)[SiH]1CCCCO1. The molecule has 14 heavy (non-hydrogen) atoms. The fourth-order valence-electron chi connectivity index (χ4n) is 1.59. The van der Waals surface area contributed by atoms with Crippen molar-refractivity contribution >= 4 is 9.04 Å². The number of rotatable bonds is 5. The zero-order chi connectivity index (χ0) is 10.4. The molecule has 2 atom stereocenters. The van der Waals surface area contributed by atoms with E-state index in [4.69, 9.17) is 9.16 Å². The van der Waals surface area contributed by atoms with Crippen LogP contribution in [0.5, 0.6) is 0 Å². The van der Waals surface area contributed by atoms with Gasteiger partial charge in [-0.15, -0.1) is 6.58 Å². The van der Waals surface area contributed by atoms with Gasteiger partial charge in [-0.2, -0.15) is 0 Å². The molecule has 1 aliphatic rings. The normalized spacial score (nSPS) is 24.2. The summed E-state index contributed by atoms with van der Waals surface area (Å²) in [6.45, 7) is 11.2. The van der Waals surface area contributed by atoms with Gasteiger partial charge in [0.05, 0.1) is 12.3 Å². The van der Waals surface area contributed by atoms with Gasteiger partial charge in [-0.1, -0.05) is 24.6 Å². The molecule has 1 heterocycles. The maximum absolute atomic E-state index is 5.78. The minimum Gasteiger partial charge on any atom is -0.417 e. The second-order valence-electron chi connectivity index (χ2n) is 3.87. The van der Waals surface area contributed by atoms with Gasteiger partial charge < -0.3 is 9.16 Å². The number of hydrogen-bond acceptors (Lipinski definition) is 2. The molecular weight excluding hydrogens is 192 g/mol. The monoisotopic (exact) mass is 212 g/mol. The van der Waals surface area contributed by atoms with Crippen molar-refractivity contribution in [1.29, 1.82) is 0 Å². The van der Waals surface area contributed by atoms with Gasteiger partial charge in [0.1, 0.15) is 0 Å². The summed E-state index contributed by atoms with van der Waals surface area (Å²) in [6.07, 6.45) is 4.39. The van der Waals surface area contributed by atoms with Crippen LogP contribution in [0.4, 0.5) is 0 Å². The lowest BCUT2D eigenvalue weighted by Crippen LogP contribution is -2.37. The Morgan fingerprint density at radius 3 is 2.93 bits per heavy atom. The van der Waals surface area contributed by atoms with E-state index < -0.39 is 9.04 Å². The van der Waals surface area contributed by atoms with Gasteiger partial charge in [-0.3, -0.25) is 0 Å². The van der Waals surface area contributed by atoms with Gasteiger partial charge in [0.25, 0.3) is 0 Å². The molecule has 0 amide bonds. The van der Waals surface area contributed by atoms with E-state index in [0.29, 0.717) is 6.61 Å². The van der Waals surface area contributed by atoms with Crippen LogP contribution >= 0.6 is 0 Å². The Balaban J connectivity index is 2.35. The van der Waals surface area contributed by atoms with Gasteiger partial charge in [0, 0.05) is 6.61 Å². The van der Waals surface area contributed by atoms with E-state index in [1.54, 1.807) is 0 Å². The fourth-order valence-corrected chi connectivity index (χ4v) is 4.05. The molecule has 0 aromatic heterocycles. The van der Waals surface area contributed by atoms with E-state index in [1.807, 2.05) is 13.0 Å². The van der Waals surface area contributed by atoms with Crippen LogP contribution in [-0.4, -0.2) is 28.0 Å². The lowest BCUT2D eigenvalue weighted by atomic mass is 10.4. The first-order valence-electron chi connectivity index (χ1n) is 5.24. The smallest absolute Gasteiger partial charge is 0.209 e. The van der Waals surface area contributed by atoms with E-state index in [2.05, 4.69) is 13.2 Å². The average molecular weight is 212 g/mol. The third-order valence-electron chi connectivity index (χ3n) is 2.34. The maximum atomic E-state index is 5.78. The standard InChI is InChI=1S/C11H20O2Si/c1-4-11(12-9-10(2)3)14-8-6-5-7-13-14/h4,11,14H,1-2,5-9H2,3H3. The van der Waals surface area contributed by atoms with E-state index in [0.717, 1.165) is 12.2 Å². The molecule has 0 spiro atoms. The summed E-state index contributed by atoms with van der Waals surface area (Å²) in [6, 6.07) is 1.22. The molecule has 0 aromatic carbocycles. The fraction of sp³-hybridized carbons (Fsp3) is 0.636. The minimum absolute atomic E-state index is 0.159. The van der Waals surface area contributed by atoms with E-state index in [-0.39, 0.29) is 5.73 Å². The molecule has 0 aromatic rings. The van der Waals surface area contributed by atoms with Gasteiger partial charge in [0.15, 0.2) is 0 Å². The third kappa shape index (κ3) is 3.78. The lowest BCUT2D eigenvalue weighted by molar-refractivity contribution is 0.129. The van der Waals surface area contributed by atoms with Crippen molar-refractivity contribution in [3.63, 3.8) is 0 Å². The first kappa shape index (κ1) is 11.7. The van der Waals surface area contributed by atoms with Gasteiger partial charge in [0.2, 0.25) is 9.04 Å². The van der Waals surface area contributed by atoms with Crippen molar-refractivity contribution in [2.45, 2.75) is 31.5 Å². The summed E-state index contributed by atoms with van der Waals surface area (Å²) in [4.78, 5) is 0. The summed E-state index contributed by atoms with van der Waals surface area (Å²) >= 11 is 0. The number of hydrogen-bond donors (Lipinski definition) is 0. The highest BCUT2D eigenvalue weighted by molar-refractivity contribution is 6.54. The van der Waals surface area contributed by atoms with Crippen LogP contribution in [0.3, 0.4) is 0 Å².